The maximum absolute atomic E-state index is 13.8. The third kappa shape index (κ3) is 2.99. The molecule has 19 heavy (non-hydrogen) atoms. The molecule has 0 heterocycles. The van der Waals surface area contributed by atoms with Crippen LogP contribution in [0.5, 0.6) is 0 Å². The number of carbonyl (C=O) groups is 1. The second kappa shape index (κ2) is 5.65. The zero-order valence-corrected chi connectivity index (χ0v) is 11.0. The van der Waals surface area contributed by atoms with Crippen LogP contribution in [-0.4, -0.2) is 5.91 Å². The Bertz CT molecular complexity index is 581. The van der Waals surface area contributed by atoms with E-state index >= 15 is 0 Å². The lowest BCUT2D eigenvalue weighted by molar-refractivity contribution is 0.0935. The van der Waals surface area contributed by atoms with Gasteiger partial charge in [-0.25, -0.2) is 4.39 Å². The summed E-state index contributed by atoms with van der Waals surface area (Å²) in [6.45, 7) is 3.52. The van der Waals surface area contributed by atoms with Crippen molar-refractivity contribution in [2.75, 3.05) is 0 Å². The molecule has 2 rings (SSSR count). The Morgan fingerprint density at radius 2 is 1.79 bits per heavy atom. The van der Waals surface area contributed by atoms with Crippen molar-refractivity contribution in [1.82, 2.24) is 5.32 Å². The molecule has 0 fully saturated rings. The SMILES string of the molecule is Cc1cccc(C(=O)N[C@@H](C)c2ccccc2)c1F. The average molecular weight is 257 g/mol. The van der Waals surface area contributed by atoms with Crippen LogP contribution in [0.3, 0.4) is 0 Å². The summed E-state index contributed by atoms with van der Waals surface area (Å²) in [5.41, 5.74) is 1.55. The lowest BCUT2D eigenvalue weighted by Crippen LogP contribution is -2.27. The smallest absolute Gasteiger partial charge is 0.254 e. The van der Waals surface area contributed by atoms with Gasteiger partial charge >= 0.3 is 0 Å². The number of hydrogen-bond donors (Lipinski definition) is 1. The first-order valence-corrected chi connectivity index (χ1v) is 6.20. The second-order valence-corrected chi connectivity index (χ2v) is 4.54. The predicted octanol–water partition coefficient (Wildman–Crippen LogP) is 3.63. The van der Waals surface area contributed by atoms with Gasteiger partial charge in [0.05, 0.1) is 11.6 Å². The zero-order chi connectivity index (χ0) is 13.8. The van der Waals surface area contributed by atoms with Crippen molar-refractivity contribution in [2.45, 2.75) is 19.9 Å². The number of hydrogen-bond acceptors (Lipinski definition) is 1. The van der Waals surface area contributed by atoms with Gasteiger partial charge < -0.3 is 5.32 Å². The van der Waals surface area contributed by atoms with Gasteiger partial charge in [-0.3, -0.25) is 4.79 Å². The van der Waals surface area contributed by atoms with Crippen LogP contribution in [0.4, 0.5) is 4.39 Å². The van der Waals surface area contributed by atoms with Crippen LogP contribution >= 0.6 is 0 Å². The van der Waals surface area contributed by atoms with E-state index in [-0.39, 0.29) is 11.6 Å². The number of aryl methyl sites for hydroxylation is 1. The first-order chi connectivity index (χ1) is 9.09. The molecule has 0 spiro atoms. The highest BCUT2D eigenvalue weighted by Crippen LogP contribution is 2.15. The number of amides is 1. The molecule has 0 aliphatic carbocycles. The highest BCUT2D eigenvalue weighted by molar-refractivity contribution is 5.94. The molecule has 0 unspecified atom stereocenters. The first kappa shape index (κ1) is 13.3. The Kier molecular flexibility index (Phi) is 3.95. The van der Waals surface area contributed by atoms with Gasteiger partial charge in [-0.15, -0.1) is 0 Å². The molecule has 1 atom stereocenters. The number of halogens is 1. The number of benzene rings is 2. The molecule has 2 nitrogen and oxygen atoms in total. The Morgan fingerprint density at radius 3 is 2.47 bits per heavy atom. The maximum Gasteiger partial charge on any atom is 0.254 e. The van der Waals surface area contributed by atoms with E-state index in [1.807, 2.05) is 37.3 Å². The standard InChI is InChI=1S/C16H16FNO/c1-11-7-6-10-14(15(11)17)16(19)18-12(2)13-8-4-3-5-9-13/h3-10,12H,1-2H3,(H,18,19)/t12-/m0/s1. The third-order valence-electron chi connectivity index (χ3n) is 3.08. The third-order valence-corrected chi connectivity index (χ3v) is 3.08. The minimum absolute atomic E-state index is 0.0859. The van der Waals surface area contributed by atoms with Gasteiger partial charge in [-0.1, -0.05) is 42.5 Å². The number of carbonyl (C=O) groups excluding carboxylic acids is 1. The molecule has 2 aromatic rings. The van der Waals surface area contributed by atoms with Crippen LogP contribution in [0.1, 0.15) is 34.5 Å². The monoisotopic (exact) mass is 257 g/mol. The summed E-state index contributed by atoms with van der Waals surface area (Å²) in [7, 11) is 0. The van der Waals surface area contributed by atoms with Crippen LogP contribution < -0.4 is 5.32 Å². The molecule has 3 heteroatoms. The molecule has 0 saturated carbocycles. The van der Waals surface area contributed by atoms with Crippen LogP contribution in [0, 0.1) is 12.7 Å². The highest BCUT2D eigenvalue weighted by atomic mass is 19.1. The van der Waals surface area contributed by atoms with E-state index in [4.69, 9.17) is 0 Å². The minimum atomic E-state index is -0.458. The van der Waals surface area contributed by atoms with Crippen LogP contribution in [0.15, 0.2) is 48.5 Å². The van der Waals surface area contributed by atoms with E-state index < -0.39 is 11.7 Å². The second-order valence-electron chi connectivity index (χ2n) is 4.54. The van der Waals surface area contributed by atoms with Crippen LogP contribution in [0.25, 0.3) is 0 Å². The molecule has 2 aromatic carbocycles. The zero-order valence-electron chi connectivity index (χ0n) is 11.0. The molecule has 0 radical (unpaired) electrons. The molecule has 98 valence electrons. The molecule has 0 bridgehead atoms. The summed E-state index contributed by atoms with van der Waals surface area (Å²) >= 11 is 0. The molecule has 1 N–H and O–H groups in total. The summed E-state index contributed by atoms with van der Waals surface area (Å²) in [4.78, 5) is 12.1. The Balaban J connectivity index is 2.16. The lowest BCUT2D eigenvalue weighted by Gasteiger charge is -2.15. The van der Waals surface area contributed by atoms with Crippen molar-refractivity contribution in [2.24, 2.45) is 0 Å². The van der Waals surface area contributed by atoms with Gasteiger partial charge in [0, 0.05) is 0 Å². The highest BCUT2D eigenvalue weighted by Gasteiger charge is 2.15. The van der Waals surface area contributed by atoms with Gasteiger partial charge in [0.15, 0.2) is 0 Å². The van der Waals surface area contributed by atoms with Crippen molar-refractivity contribution in [3.63, 3.8) is 0 Å². The van der Waals surface area contributed by atoms with Crippen molar-refractivity contribution in [3.8, 4) is 0 Å². The fraction of sp³-hybridized carbons (Fsp3) is 0.188. The quantitative estimate of drug-likeness (QED) is 0.893. The van der Waals surface area contributed by atoms with E-state index in [1.165, 1.54) is 6.07 Å². The molecular weight excluding hydrogens is 241 g/mol. The molecule has 0 aliphatic rings. The predicted molar refractivity (Wildman–Crippen MR) is 73.5 cm³/mol. The van der Waals surface area contributed by atoms with Gasteiger partial charge in [0.1, 0.15) is 5.82 Å². The van der Waals surface area contributed by atoms with Crippen molar-refractivity contribution in [3.05, 3.63) is 71.0 Å². The van der Waals surface area contributed by atoms with Gasteiger partial charge in [0.25, 0.3) is 5.91 Å². The van der Waals surface area contributed by atoms with E-state index in [0.717, 1.165) is 5.56 Å². The Labute approximate surface area is 112 Å². The molecule has 1 amide bonds. The van der Waals surface area contributed by atoms with Gasteiger partial charge in [-0.05, 0) is 31.0 Å². The maximum atomic E-state index is 13.8. The summed E-state index contributed by atoms with van der Waals surface area (Å²) in [5.74, 6) is -0.849. The largest absolute Gasteiger partial charge is 0.345 e. The van der Waals surface area contributed by atoms with E-state index in [1.54, 1.807) is 19.1 Å². The summed E-state index contributed by atoms with van der Waals surface area (Å²) in [6, 6.07) is 14.3. The molecule has 0 saturated heterocycles. The molecule has 0 aromatic heterocycles. The fourth-order valence-corrected chi connectivity index (χ4v) is 1.92. The molecule has 0 aliphatic heterocycles. The lowest BCUT2D eigenvalue weighted by atomic mass is 10.1. The fourth-order valence-electron chi connectivity index (χ4n) is 1.92. The van der Waals surface area contributed by atoms with Crippen LogP contribution in [0.2, 0.25) is 0 Å². The van der Waals surface area contributed by atoms with Crippen molar-refractivity contribution in [1.29, 1.82) is 0 Å². The summed E-state index contributed by atoms with van der Waals surface area (Å²) in [5, 5.41) is 2.80. The summed E-state index contributed by atoms with van der Waals surface area (Å²) < 4.78 is 13.8. The van der Waals surface area contributed by atoms with Crippen LogP contribution in [-0.2, 0) is 0 Å². The first-order valence-electron chi connectivity index (χ1n) is 6.20. The normalized spacial score (nSPS) is 11.9. The topological polar surface area (TPSA) is 29.1 Å². The average Bonchev–Trinajstić information content (AvgIpc) is 2.42. The Morgan fingerprint density at radius 1 is 1.11 bits per heavy atom. The van der Waals surface area contributed by atoms with E-state index in [9.17, 15) is 9.18 Å². The Hall–Kier alpha value is -2.16. The van der Waals surface area contributed by atoms with Crippen molar-refractivity contribution >= 4 is 5.91 Å². The molecular formula is C16H16FNO. The van der Waals surface area contributed by atoms with Crippen molar-refractivity contribution < 1.29 is 9.18 Å². The van der Waals surface area contributed by atoms with Gasteiger partial charge in [-0.2, -0.15) is 0 Å². The van der Waals surface area contributed by atoms with E-state index in [2.05, 4.69) is 5.32 Å². The number of nitrogens with one attached hydrogen (secondary N) is 1. The van der Waals surface area contributed by atoms with Gasteiger partial charge in [0.2, 0.25) is 0 Å². The number of rotatable bonds is 3. The minimum Gasteiger partial charge on any atom is -0.345 e. The summed E-state index contributed by atoms with van der Waals surface area (Å²) in [6.07, 6.45) is 0. The van der Waals surface area contributed by atoms with E-state index in [0.29, 0.717) is 5.56 Å².